The maximum Gasteiger partial charge on any atom is 0.501 e. The molecule has 0 bridgehead atoms. The third-order valence-corrected chi connectivity index (χ3v) is 3.30. The van der Waals surface area contributed by atoms with Crippen molar-refractivity contribution in [1.82, 2.24) is 4.98 Å². The Labute approximate surface area is 107 Å². The van der Waals surface area contributed by atoms with Crippen LogP contribution in [0.4, 0.5) is 5.69 Å². The molecule has 0 aliphatic carbocycles. The number of benzene rings is 1. The van der Waals surface area contributed by atoms with Crippen molar-refractivity contribution in [3.05, 3.63) is 53.5 Å². The van der Waals surface area contributed by atoms with Crippen molar-refractivity contribution in [2.45, 2.75) is 6.17 Å². The topological polar surface area (TPSA) is 142 Å². The van der Waals surface area contributed by atoms with Crippen molar-refractivity contribution in [2.75, 3.05) is 0 Å². The summed E-state index contributed by atoms with van der Waals surface area (Å²) in [6, 6.07) is 3.68. The van der Waals surface area contributed by atoms with Crippen LogP contribution in [0, 0.1) is 30.3 Å². The van der Waals surface area contributed by atoms with Gasteiger partial charge in [-0.25, -0.2) is 4.98 Å². The van der Waals surface area contributed by atoms with Gasteiger partial charge in [-0.3, -0.25) is 30.3 Å². The van der Waals surface area contributed by atoms with E-state index >= 15 is 0 Å². The zero-order valence-electron chi connectivity index (χ0n) is 8.96. The lowest BCUT2D eigenvalue weighted by Crippen LogP contribution is -2.19. The fourth-order valence-electron chi connectivity index (χ4n) is 1.41. The molecule has 0 N–H and O–H groups in total. The molecule has 0 amide bonds. The second-order valence-corrected chi connectivity index (χ2v) is 4.47. The van der Waals surface area contributed by atoms with Gasteiger partial charge in [0.2, 0.25) is 5.01 Å². The first-order valence-corrected chi connectivity index (χ1v) is 5.53. The molecule has 98 valence electrons. The first-order chi connectivity index (χ1) is 8.90. The standard InChI is InChI=1S/C8H4N4O6S/c13-10(14)4-1-2-6-5(3-4)9-7(19-6)8(11(15)16)12(17)18/h1-3,8H. The highest BCUT2D eigenvalue weighted by Crippen LogP contribution is 2.30. The number of rotatable bonds is 4. The van der Waals surface area contributed by atoms with E-state index in [2.05, 4.69) is 4.98 Å². The highest BCUT2D eigenvalue weighted by molar-refractivity contribution is 7.18. The van der Waals surface area contributed by atoms with Crippen LogP contribution in [0.5, 0.6) is 0 Å². The summed E-state index contributed by atoms with van der Waals surface area (Å²) in [5.74, 6) is 0. The Kier molecular flexibility index (Phi) is 3.04. The summed E-state index contributed by atoms with van der Waals surface area (Å²) in [6.07, 6.45) is -2.16. The van der Waals surface area contributed by atoms with E-state index in [4.69, 9.17) is 0 Å². The van der Waals surface area contributed by atoms with E-state index in [1.165, 1.54) is 12.1 Å². The van der Waals surface area contributed by atoms with Crippen LogP contribution in [0.1, 0.15) is 11.2 Å². The summed E-state index contributed by atoms with van der Waals surface area (Å²) in [5, 5.41) is 31.5. The molecule has 0 saturated heterocycles. The molecule has 1 heterocycles. The maximum absolute atomic E-state index is 10.6. The minimum Gasteiger partial charge on any atom is -0.258 e. The number of fused-ring (bicyclic) bond motifs is 1. The minimum atomic E-state index is -2.16. The quantitative estimate of drug-likeness (QED) is 0.472. The van der Waals surface area contributed by atoms with Crippen molar-refractivity contribution in [3.8, 4) is 0 Å². The van der Waals surface area contributed by atoms with Crippen molar-refractivity contribution < 1.29 is 14.8 Å². The highest BCUT2D eigenvalue weighted by atomic mass is 32.1. The Bertz CT molecular complexity index is 684. The Hall–Kier alpha value is -2.69. The number of nitrogens with zero attached hydrogens (tertiary/aromatic N) is 4. The van der Waals surface area contributed by atoms with Crippen LogP contribution in [0.15, 0.2) is 18.2 Å². The van der Waals surface area contributed by atoms with Crippen LogP contribution < -0.4 is 0 Å². The molecule has 2 rings (SSSR count). The first-order valence-electron chi connectivity index (χ1n) is 4.72. The lowest BCUT2D eigenvalue weighted by Gasteiger charge is -1.95. The average Bonchev–Trinajstić information content (AvgIpc) is 2.69. The van der Waals surface area contributed by atoms with Gasteiger partial charge in [0.05, 0.1) is 15.1 Å². The van der Waals surface area contributed by atoms with Gasteiger partial charge >= 0.3 is 6.17 Å². The van der Waals surface area contributed by atoms with Crippen LogP contribution in [-0.4, -0.2) is 19.8 Å². The molecule has 19 heavy (non-hydrogen) atoms. The van der Waals surface area contributed by atoms with E-state index in [0.29, 0.717) is 4.70 Å². The molecule has 10 nitrogen and oxygen atoms in total. The summed E-state index contributed by atoms with van der Waals surface area (Å²) in [5.41, 5.74) is -0.106. The molecule has 11 heteroatoms. The van der Waals surface area contributed by atoms with Crippen LogP contribution in [0.2, 0.25) is 0 Å². The van der Waals surface area contributed by atoms with Gasteiger partial charge in [0.15, 0.2) is 0 Å². The predicted molar refractivity (Wildman–Crippen MR) is 63.0 cm³/mol. The van der Waals surface area contributed by atoms with Gasteiger partial charge in [-0.05, 0) is 6.07 Å². The average molecular weight is 284 g/mol. The molecule has 0 unspecified atom stereocenters. The largest absolute Gasteiger partial charge is 0.501 e. The van der Waals surface area contributed by atoms with Crippen LogP contribution >= 0.6 is 11.3 Å². The molecule has 0 radical (unpaired) electrons. The zero-order valence-corrected chi connectivity index (χ0v) is 9.77. The van der Waals surface area contributed by atoms with E-state index in [1.807, 2.05) is 0 Å². The van der Waals surface area contributed by atoms with Crippen molar-refractivity contribution >= 4 is 27.2 Å². The molecule has 0 atom stereocenters. The van der Waals surface area contributed by atoms with E-state index in [-0.39, 0.29) is 16.2 Å². The third-order valence-electron chi connectivity index (χ3n) is 2.22. The summed E-state index contributed by atoms with van der Waals surface area (Å²) in [4.78, 5) is 32.8. The highest BCUT2D eigenvalue weighted by Gasteiger charge is 2.38. The monoisotopic (exact) mass is 284 g/mol. The lowest BCUT2D eigenvalue weighted by atomic mass is 10.3. The Morgan fingerprint density at radius 3 is 2.26 bits per heavy atom. The molecule has 0 aliphatic rings. The molecule has 0 fully saturated rings. The molecule has 0 saturated carbocycles. The number of non-ortho nitro benzene ring substituents is 1. The van der Waals surface area contributed by atoms with Gasteiger partial charge in [0.1, 0.15) is 9.85 Å². The Morgan fingerprint density at radius 2 is 1.74 bits per heavy atom. The second kappa shape index (κ2) is 4.53. The van der Waals surface area contributed by atoms with Crippen molar-refractivity contribution in [1.29, 1.82) is 0 Å². The summed E-state index contributed by atoms with van der Waals surface area (Å²) < 4.78 is 0.411. The Morgan fingerprint density at radius 1 is 1.11 bits per heavy atom. The number of hydrogen-bond acceptors (Lipinski definition) is 8. The second-order valence-electron chi connectivity index (χ2n) is 3.41. The normalized spacial score (nSPS) is 10.8. The number of nitro groups is 3. The molecule has 1 aromatic carbocycles. The van der Waals surface area contributed by atoms with Gasteiger partial charge in [0.25, 0.3) is 5.69 Å². The minimum absolute atomic E-state index is 0.128. The summed E-state index contributed by atoms with van der Waals surface area (Å²) >= 11 is 0.765. The van der Waals surface area contributed by atoms with E-state index in [0.717, 1.165) is 17.4 Å². The number of thiazole rings is 1. The van der Waals surface area contributed by atoms with Crippen LogP contribution in [0.3, 0.4) is 0 Å². The van der Waals surface area contributed by atoms with E-state index < -0.39 is 20.9 Å². The molecule has 1 aromatic heterocycles. The molecule has 0 spiro atoms. The number of aromatic nitrogens is 1. The van der Waals surface area contributed by atoms with Crippen LogP contribution in [0.25, 0.3) is 10.2 Å². The smallest absolute Gasteiger partial charge is 0.258 e. The fourth-order valence-corrected chi connectivity index (χ4v) is 2.41. The predicted octanol–water partition coefficient (Wildman–Crippen LogP) is 1.76. The molecular weight excluding hydrogens is 280 g/mol. The lowest BCUT2D eigenvalue weighted by molar-refractivity contribution is -0.752. The molecule has 2 aromatic rings. The van der Waals surface area contributed by atoms with Gasteiger partial charge in [-0.1, -0.05) is 0 Å². The third kappa shape index (κ3) is 2.30. The van der Waals surface area contributed by atoms with E-state index in [1.54, 1.807) is 0 Å². The zero-order chi connectivity index (χ0) is 14.2. The Balaban J connectivity index is 2.54. The number of hydrogen-bond donors (Lipinski definition) is 0. The van der Waals surface area contributed by atoms with Gasteiger partial charge in [0, 0.05) is 12.1 Å². The van der Waals surface area contributed by atoms with Crippen molar-refractivity contribution in [3.63, 3.8) is 0 Å². The van der Waals surface area contributed by atoms with Gasteiger partial charge in [-0.15, -0.1) is 11.3 Å². The van der Waals surface area contributed by atoms with Gasteiger partial charge < -0.3 is 0 Å². The molecule has 0 aliphatic heterocycles. The fraction of sp³-hybridized carbons (Fsp3) is 0.125. The van der Waals surface area contributed by atoms with E-state index in [9.17, 15) is 30.3 Å². The van der Waals surface area contributed by atoms with Gasteiger partial charge in [-0.2, -0.15) is 0 Å². The van der Waals surface area contributed by atoms with Crippen LogP contribution in [-0.2, 0) is 0 Å². The SMILES string of the molecule is O=[N+]([O-])c1ccc2sc(C([N+](=O)[O-])[N+](=O)[O-])nc2c1. The van der Waals surface area contributed by atoms with Crippen molar-refractivity contribution in [2.24, 2.45) is 0 Å². The summed E-state index contributed by atoms with van der Waals surface area (Å²) in [6.45, 7) is 0. The summed E-state index contributed by atoms with van der Waals surface area (Å²) in [7, 11) is 0. The first kappa shape index (κ1) is 12.8. The number of nitro benzene ring substituents is 1. The maximum atomic E-state index is 10.6. The molecular formula is C8H4N4O6S.